The Hall–Kier alpha value is -2.71. The molecule has 0 atom stereocenters. The van der Waals surface area contributed by atoms with Gasteiger partial charge in [0, 0.05) is 23.7 Å². The fourth-order valence-electron chi connectivity index (χ4n) is 2.60. The molecule has 1 aliphatic rings. The molecule has 0 radical (unpaired) electrons. The lowest BCUT2D eigenvalue weighted by atomic mass is 10.1. The van der Waals surface area contributed by atoms with E-state index in [9.17, 15) is 18.0 Å². The largest absolute Gasteiger partial charge is 0.366 e. The molecule has 0 unspecified atom stereocenters. The molecule has 1 aliphatic carbocycles. The molecular formula is C19H21N3O4S. The van der Waals surface area contributed by atoms with Gasteiger partial charge in [0.15, 0.2) is 0 Å². The summed E-state index contributed by atoms with van der Waals surface area (Å²) in [6.45, 7) is 0.346. The van der Waals surface area contributed by atoms with Gasteiger partial charge in [-0.1, -0.05) is 18.2 Å². The lowest BCUT2D eigenvalue weighted by molar-refractivity contribution is 0.0952. The van der Waals surface area contributed by atoms with Crippen LogP contribution in [0, 0.1) is 0 Å². The first-order chi connectivity index (χ1) is 12.8. The van der Waals surface area contributed by atoms with E-state index in [4.69, 9.17) is 5.73 Å². The Kier molecular flexibility index (Phi) is 5.57. The van der Waals surface area contributed by atoms with E-state index >= 15 is 0 Å². The summed E-state index contributed by atoms with van der Waals surface area (Å²) in [4.78, 5) is 23.6. The minimum absolute atomic E-state index is 0.00338. The maximum Gasteiger partial charge on any atom is 0.251 e. The van der Waals surface area contributed by atoms with E-state index in [1.165, 1.54) is 12.1 Å². The predicted molar refractivity (Wildman–Crippen MR) is 101 cm³/mol. The van der Waals surface area contributed by atoms with Gasteiger partial charge < -0.3 is 11.1 Å². The molecule has 0 heterocycles. The Balaban J connectivity index is 1.60. The summed E-state index contributed by atoms with van der Waals surface area (Å²) in [7, 11) is -3.60. The highest BCUT2D eigenvalue weighted by molar-refractivity contribution is 7.89. The summed E-state index contributed by atoms with van der Waals surface area (Å²) in [5.74, 6) is -0.858. The van der Waals surface area contributed by atoms with E-state index in [0.29, 0.717) is 18.5 Å². The summed E-state index contributed by atoms with van der Waals surface area (Å²) in [6, 6.07) is 12.9. The molecule has 0 aromatic heterocycles. The van der Waals surface area contributed by atoms with Gasteiger partial charge in [0.05, 0.1) is 4.90 Å². The summed E-state index contributed by atoms with van der Waals surface area (Å²) in [6.07, 6.45) is 2.21. The lowest BCUT2D eigenvalue weighted by Crippen LogP contribution is -2.28. The molecule has 3 rings (SSSR count). The smallest absolute Gasteiger partial charge is 0.251 e. The van der Waals surface area contributed by atoms with Gasteiger partial charge in [-0.15, -0.1) is 0 Å². The van der Waals surface area contributed by atoms with Gasteiger partial charge in [0.25, 0.3) is 5.91 Å². The van der Waals surface area contributed by atoms with Gasteiger partial charge in [-0.3, -0.25) is 9.59 Å². The van der Waals surface area contributed by atoms with Crippen LogP contribution < -0.4 is 15.8 Å². The van der Waals surface area contributed by atoms with Crippen LogP contribution in [0.1, 0.15) is 39.1 Å². The molecule has 0 aliphatic heterocycles. The molecule has 2 amide bonds. The van der Waals surface area contributed by atoms with Gasteiger partial charge in [-0.25, -0.2) is 13.1 Å². The van der Waals surface area contributed by atoms with Crippen molar-refractivity contribution in [3.8, 4) is 0 Å². The van der Waals surface area contributed by atoms with Crippen LogP contribution in [-0.2, 0) is 16.4 Å². The number of nitrogens with two attached hydrogens (primary N) is 1. The van der Waals surface area contributed by atoms with Gasteiger partial charge in [-0.05, 0) is 55.2 Å². The first-order valence-corrected chi connectivity index (χ1v) is 10.1. The predicted octanol–water partition coefficient (Wildman–Crippen LogP) is 1.20. The fourth-order valence-corrected chi connectivity index (χ4v) is 3.95. The third-order valence-corrected chi connectivity index (χ3v) is 5.73. The van der Waals surface area contributed by atoms with Gasteiger partial charge in [0.1, 0.15) is 0 Å². The Labute approximate surface area is 158 Å². The van der Waals surface area contributed by atoms with Crippen molar-refractivity contribution < 1.29 is 18.0 Å². The van der Waals surface area contributed by atoms with Crippen LogP contribution in [0.2, 0.25) is 0 Å². The number of benzene rings is 2. The van der Waals surface area contributed by atoms with Crippen LogP contribution in [0.15, 0.2) is 53.4 Å². The number of amides is 2. The molecule has 2 aromatic rings. The molecule has 0 saturated heterocycles. The Morgan fingerprint density at radius 1 is 1.04 bits per heavy atom. The zero-order valence-corrected chi connectivity index (χ0v) is 15.5. The quantitative estimate of drug-likeness (QED) is 0.630. The molecule has 4 N–H and O–H groups in total. The molecule has 1 fully saturated rings. The van der Waals surface area contributed by atoms with Gasteiger partial charge in [0.2, 0.25) is 15.9 Å². The highest BCUT2D eigenvalue weighted by Crippen LogP contribution is 2.22. The molecule has 7 nitrogen and oxygen atoms in total. The topological polar surface area (TPSA) is 118 Å². The van der Waals surface area contributed by atoms with E-state index in [1.807, 2.05) is 6.07 Å². The van der Waals surface area contributed by atoms with Crippen molar-refractivity contribution in [3.05, 3.63) is 65.2 Å². The van der Waals surface area contributed by atoms with Crippen molar-refractivity contribution in [3.63, 3.8) is 0 Å². The number of carbonyl (C=O) groups excluding carboxylic acids is 2. The maximum absolute atomic E-state index is 12.3. The minimum Gasteiger partial charge on any atom is -0.366 e. The number of sulfonamides is 1. The molecule has 27 heavy (non-hydrogen) atoms. The second kappa shape index (κ2) is 7.89. The second-order valence-corrected chi connectivity index (χ2v) is 8.21. The van der Waals surface area contributed by atoms with Crippen LogP contribution in [0.4, 0.5) is 0 Å². The van der Waals surface area contributed by atoms with Crippen molar-refractivity contribution in [2.45, 2.75) is 30.2 Å². The van der Waals surface area contributed by atoms with E-state index < -0.39 is 15.9 Å². The number of hydrogen-bond acceptors (Lipinski definition) is 4. The zero-order chi connectivity index (χ0) is 19.4. The van der Waals surface area contributed by atoms with Crippen molar-refractivity contribution in [2.24, 2.45) is 5.73 Å². The van der Waals surface area contributed by atoms with Gasteiger partial charge in [-0.2, -0.15) is 0 Å². The maximum atomic E-state index is 12.3. The highest BCUT2D eigenvalue weighted by Gasteiger charge is 2.28. The molecular weight excluding hydrogens is 366 g/mol. The Morgan fingerprint density at radius 2 is 1.74 bits per heavy atom. The van der Waals surface area contributed by atoms with E-state index in [2.05, 4.69) is 10.0 Å². The Bertz CT molecular complexity index is 968. The summed E-state index contributed by atoms with van der Waals surface area (Å²) in [5.41, 5.74) is 6.82. The molecule has 0 spiro atoms. The molecule has 0 bridgehead atoms. The second-order valence-electron chi connectivity index (χ2n) is 6.49. The first-order valence-electron chi connectivity index (χ1n) is 8.64. The lowest BCUT2D eigenvalue weighted by Gasteiger charge is -2.09. The standard InChI is InChI=1S/C19H21N3O4S/c20-18(23)14-4-1-3-13(11-14)9-10-21-19(24)15-5-2-6-17(12-15)27(25,26)22-16-7-8-16/h1-6,11-12,16,22H,7-10H2,(H2,20,23)(H,21,24). The highest BCUT2D eigenvalue weighted by atomic mass is 32.2. The number of carbonyl (C=O) groups is 2. The van der Waals surface area contributed by atoms with Crippen LogP contribution >= 0.6 is 0 Å². The normalized spacial score (nSPS) is 13.9. The van der Waals surface area contributed by atoms with E-state index in [-0.39, 0.29) is 22.4 Å². The number of hydrogen-bond donors (Lipinski definition) is 3. The fraction of sp³-hybridized carbons (Fsp3) is 0.263. The first kappa shape index (κ1) is 19.1. The van der Waals surface area contributed by atoms with Crippen molar-refractivity contribution in [2.75, 3.05) is 6.54 Å². The molecule has 1 saturated carbocycles. The van der Waals surface area contributed by atoms with Crippen LogP contribution in [-0.4, -0.2) is 32.8 Å². The van der Waals surface area contributed by atoms with Crippen molar-refractivity contribution >= 4 is 21.8 Å². The van der Waals surface area contributed by atoms with Crippen LogP contribution in [0.25, 0.3) is 0 Å². The molecule has 8 heteroatoms. The third-order valence-electron chi connectivity index (χ3n) is 4.22. The van der Waals surface area contributed by atoms with Crippen LogP contribution in [0.3, 0.4) is 0 Å². The van der Waals surface area contributed by atoms with Crippen molar-refractivity contribution in [1.29, 1.82) is 0 Å². The SMILES string of the molecule is NC(=O)c1cccc(CCNC(=O)c2cccc(S(=O)(=O)NC3CC3)c2)c1. The van der Waals surface area contributed by atoms with Gasteiger partial charge >= 0.3 is 0 Å². The molecule has 2 aromatic carbocycles. The van der Waals surface area contributed by atoms with E-state index in [0.717, 1.165) is 18.4 Å². The zero-order valence-electron chi connectivity index (χ0n) is 14.6. The van der Waals surface area contributed by atoms with E-state index in [1.54, 1.807) is 30.3 Å². The average Bonchev–Trinajstić information content (AvgIpc) is 3.45. The Morgan fingerprint density at radius 3 is 2.44 bits per heavy atom. The summed E-state index contributed by atoms with van der Waals surface area (Å²) < 4.78 is 27.1. The third kappa shape index (κ3) is 5.15. The number of primary amides is 1. The minimum atomic E-state index is -3.60. The molecule has 142 valence electrons. The average molecular weight is 387 g/mol. The summed E-state index contributed by atoms with van der Waals surface area (Å²) >= 11 is 0. The monoisotopic (exact) mass is 387 g/mol. The van der Waals surface area contributed by atoms with Crippen molar-refractivity contribution in [1.82, 2.24) is 10.0 Å². The summed E-state index contributed by atoms with van der Waals surface area (Å²) in [5, 5.41) is 2.76. The number of nitrogens with one attached hydrogen (secondary N) is 2. The van der Waals surface area contributed by atoms with Crippen LogP contribution in [0.5, 0.6) is 0 Å². The number of rotatable bonds is 8.